The van der Waals surface area contributed by atoms with Crippen molar-refractivity contribution in [3.8, 4) is 0 Å². The van der Waals surface area contributed by atoms with Crippen LogP contribution in [0.1, 0.15) is 59.8 Å². The van der Waals surface area contributed by atoms with Crippen LogP contribution in [0.3, 0.4) is 0 Å². The lowest BCUT2D eigenvalue weighted by molar-refractivity contribution is -0.143. The average Bonchev–Trinajstić information content (AvgIpc) is 2.71. The number of carboxylic acids is 1. The third kappa shape index (κ3) is 4.69. The van der Waals surface area contributed by atoms with Crippen molar-refractivity contribution in [2.75, 3.05) is 6.54 Å². The van der Waals surface area contributed by atoms with Gasteiger partial charge in [0.15, 0.2) is 0 Å². The van der Waals surface area contributed by atoms with Crippen LogP contribution in [0.4, 0.5) is 4.79 Å². The average molecular weight is 285 g/mol. The van der Waals surface area contributed by atoms with Crippen LogP contribution in [0.15, 0.2) is 0 Å². The van der Waals surface area contributed by atoms with Gasteiger partial charge in [-0.3, -0.25) is 4.90 Å². The fraction of sp³-hybridized carbons (Fsp3) is 0.867. The predicted octanol–water partition coefficient (Wildman–Crippen LogP) is 3.28. The van der Waals surface area contributed by atoms with Gasteiger partial charge in [-0.1, -0.05) is 26.2 Å². The van der Waals surface area contributed by atoms with E-state index in [1.807, 2.05) is 0 Å². The Morgan fingerprint density at radius 3 is 2.45 bits per heavy atom. The minimum absolute atomic E-state index is 0.0477. The van der Waals surface area contributed by atoms with Gasteiger partial charge in [0.25, 0.3) is 0 Å². The summed E-state index contributed by atoms with van der Waals surface area (Å²) in [6, 6.07) is -0.735. The second kappa shape index (κ2) is 6.95. The van der Waals surface area contributed by atoms with Crippen LogP contribution < -0.4 is 0 Å². The molecule has 5 nitrogen and oxygen atoms in total. The smallest absolute Gasteiger partial charge is 0.411 e. The number of ether oxygens (including phenoxy) is 1. The first-order chi connectivity index (χ1) is 9.26. The standard InChI is InChI=1S/C15H27NO4/c1-5-6-7-8-11-9-10-16(12(11)13(17)18)14(19)20-15(2,3)4/h11-12H,5-10H2,1-4H3,(H,17,18)/t11-,12-/m1/s1. The summed E-state index contributed by atoms with van der Waals surface area (Å²) in [6.07, 6.45) is 4.34. The monoisotopic (exact) mass is 285 g/mol. The summed E-state index contributed by atoms with van der Waals surface area (Å²) in [6.45, 7) is 7.96. The van der Waals surface area contributed by atoms with Gasteiger partial charge in [-0.2, -0.15) is 0 Å². The first kappa shape index (κ1) is 16.8. The zero-order chi connectivity index (χ0) is 15.3. The lowest BCUT2D eigenvalue weighted by Crippen LogP contribution is -2.45. The Morgan fingerprint density at radius 1 is 1.30 bits per heavy atom. The molecule has 0 bridgehead atoms. The normalized spacial score (nSPS) is 22.9. The molecule has 1 aliphatic heterocycles. The van der Waals surface area contributed by atoms with E-state index in [0.717, 1.165) is 32.1 Å². The molecular formula is C15H27NO4. The van der Waals surface area contributed by atoms with Gasteiger partial charge in [-0.15, -0.1) is 0 Å². The maximum atomic E-state index is 12.1. The van der Waals surface area contributed by atoms with Crippen molar-refractivity contribution in [2.24, 2.45) is 5.92 Å². The second-order valence-corrected chi connectivity index (χ2v) is 6.50. The predicted molar refractivity (Wildman–Crippen MR) is 76.6 cm³/mol. The highest BCUT2D eigenvalue weighted by Gasteiger charge is 2.43. The molecular weight excluding hydrogens is 258 g/mol. The van der Waals surface area contributed by atoms with E-state index in [0.29, 0.717) is 6.54 Å². The van der Waals surface area contributed by atoms with Crippen LogP contribution in [0, 0.1) is 5.92 Å². The Labute approximate surface area is 121 Å². The van der Waals surface area contributed by atoms with Crippen molar-refractivity contribution in [1.29, 1.82) is 0 Å². The van der Waals surface area contributed by atoms with E-state index in [9.17, 15) is 14.7 Å². The van der Waals surface area contributed by atoms with Gasteiger partial charge in [0.1, 0.15) is 11.6 Å². The van der Waals surface area contributed by atoms with Crippen molar-refractivity contribution in [3.63, 3.8) is 0 Å². The molecule has 2 atom stereocenters. The third-order valence-electron chi connectivity index (χ3n) is 3.58. The number of hydrogen-bond donors (Lipinski definition) is 1. The van der Waals surface area contributed by atoms with E-state index in [-0.39, 0.29) is 5.92 Å². The fourth-order valence-corrected chi connectivity index (χ4v) is 2.68. The molecule has 0 radical (unpaired) electrons. The summed E-state index contributed by atoms with van der Waals surface area (Å²) >= 11 is 0. The minimum Gasteiger partial charge on any atom is -0.480 e. The zero-order valence-electron chi connectivity index (χ0n) is 13.0. The van der Waals surface area contributed by atoms with Crippen LogP contribution in [0.25, 0.3) is 0 Å². The minimum atomic E-state index is -0.921. The van der Waals surface area contributed by atoms with Crippen LogP contribution >= 0.6 is 0 Å². The largest absolute Gasteiger partial charge is 0.480 e. The molecule has 0 aliphatic carbocycles. The molecule has 1 rings (SSSR count). The van der Waals surface area contributed by atoms with E-state index in [1.165, 1.54) is 4.90 Å². The molecule has 0 aromatic heterocycles. The number of aliphatic carboxylic acids is 1. The summed E-state index contributed by atoms with van der Waals surface area (Å²) < 4.78 is 5.30. The Balaban J connectivity index is 2.68. The number of rotatable bonds is 5. The first-order valence-electron chi connectivity index (χ1n) is 7.48. The Morgan fingerprint density at radius 2 is 1.95 bits per heavy atom. The molecule has 1 aliphatic rings. The maximum Gasteiger partial charge on any atom is 0.411 e. The highest BCUT2D eigenvalue weighted by Crippen LogP contribution is 2.30. The van der Waals surface area contributed by atoms with E-state index >= 15 is 0 Å². The fourth-order valence-electron chi connectivity index (χ4n) is 2.68. The van der Waals surface area contributed by atoms with E-state index < -0.39 is 23.7 Å². The highest BCUT2D eigenvalue weighted by molar-refractivity contribution is 5.81. The number of carbonyl (C=O) groups excluding carboxylic acids is 1. The zero-order valence-corrected chi connectivity index (χ0v) is 13.0. The van der Waals surface area contributed by atoms with Crippen LogP contribution in [0.2, 0.25) is 0 Å². The molecule has 0 unspecified atom stereocenters. The molecule has 1 N–H and O–H groups in total. The number of nitrogens with zero attached hydrogens (tertiary/aromatic N) is 1. The molecule has 116 valence electrons. The lowest BCUT2D eigenvalue weighted by Gasteiger charge is -2.28. The quantitative estimate of drug-likeness (QED) is 0.787. The first-order valence-corrected chi connectivity index (χ1v) is 7.48. The number of carbonyl (C=O) groups is 2. The van der Waals surface area contributed by atoms with Gasteiger partial charge < -0.3 is 9.84 Å². The molecule has 0 aromatic carbocycles. The van der Waals surface area contributed by atoms with E-state index in [1.54, 1.807) is 20.8 Å². The molecule has 20 heavy (non-hydrogen) atoms. The Kier molecular flexibility index (Phi) is 5.84. The number of amides is 1. The van der Waals surface area contributed by atoms with Crippen LogP contribution in [-0.4, -0.2) is 40.3 Å². The third-order valence-corrected chi connectivity index (χ3v) is 3.58. The Bertz CT molecular complexity index is 348. The number of likely N-dealkylation sites (tertiary alicyclic amines) is 1. The molecule has 1 saturated heterocycles. The van der Waals surface area contributed by atoms with Crippen LogP contribution in [0.5, 0.6) is 0 Å². The molecule has 0 saturated carbocycles. The molecule has 0 aromatic rings. The molecule has 1 heterocycles. The van der Waals surface area contributed by atoms with Gasteiger partial charge in [-0.25, -0.2) is 9.59 Å². The topological polar surface area (TPSA) is 66.8 Å². The SMILES string of the molecule is CCCCC[C@@H]1CCN(C(=O)OC(C)(C)C)[C@H]1C(=O)O. The highest BCUT2D eigenvalue weighted by atomic mass is 16.6. The number of carboxylic acid groups (broad SMARTS) is 1. The van der Waals surface area contributed by atoms with Crippen molar-refractivity contribution >= 4 is 12.1 Å². The van der Waals surface area contributed by atoms with Gasteiger partial charge in [0.2, 0.25) is 0 Å². The molecule has 1 fully saturated rings. The van der Waals surface area contributed by atoms with Gasteiger partial charge >= 0.3 is 12.1 Å². The van der Waals surface area contributed by atoms with Gasteiger partial charge in [0, 0.05) is 6.54 Å². The molecule has 5 heteroatoms. The van der Waals surface area contributed by atoms with E-state index in [2.05, 4.69) is 6.92 Å². The summed E-state index contributed by atoms with van der Waals surface area (Å²) in [4.78, 5) is 24.9. The molecule has 1 amide bonds. The summed E-state index contributed by atoms with van der Waals surface area (Å²) in [5, 5.41) is 9.41. The van der Waals surface area contributed by atoms with Crippen molar-refractivity contribution in [3.05, 3.63) is 0 Å². The maximum absolute atomic E-state index is 12.1. The van der Waals surface area contributed by atoms with Crippen molar-refractivity contribution in [1.82, 2.24) is 4.90 Å². The summed E-state index contributed by atoms with van der Waals surface area (Å²) in [7, 11) is 0. The summed E-state index contributed by atoms with van der Waals surface area (Å²) in [5.41, 5.74) is -0.597. The Hall–Kier alpha value is -1.26. The van der Waals surface area contributed by atoms with E-state index in [4.69, 9.17) is 4.74 Å². The summed E-state index contributed by atoms with van der Waals surface area (Å²) in [5.74, 6) is -0.874. The van der Waals surface area contributed by atoms with Gasteiger partial charge in [0.05, 0.1) is 0 Å². The molecule has 0 spiro atoms. The lowest BCUT2D eigenvalue weighted by atomic mass is 9.94. The van der Waals surface area contributed by atoms with Gasteiger partial charge in [-0.05, 0) is 39.5 Å². The number of unbranched alkanes of at least 4 members (excludes halogenated alkanes) is 2. The van der Waals surface area contributed by atoms with Crippen LogP contribution in [-0.2, 0) is 9.53 Å². The number of hydrogen-bond acceptors (Lipinski definition) is 3. The van der Waals surface area contributed by atoms with Crippen molar-refractivity contribution in [2.45, 2.75) is 71.4 Å². The van der Waals surface area contributed by atoms with Crippen molar-refractivity contribution < 1.29 is 19.4 Å². The second-order valence-electron chi connectivity index (χ2n) is 6.50.